The molecular formula is C21H33N3O. The minimum atomic E-state index is 0.0440. The number of hydrogen-bond donors (Lipinski definition) is 2. The van der Waals surface area contributed by atoms with Gasteiger partial charge in [0.25, 0.3) is 0 Å². The number of hydrogen-bond acceptors (Lipinski definition) is 3. The van der Waals surface area contributed by atoms with Gasteiger partial charge in [0.05, 0.1) is 6.04 Å². The van der Waals surface area contributed by atoms with Crippen LogP contribution >= 0.6 is 0 Å². The van der Waals surface area contributed by atoms with E-state index in [0.717, 1.165) is 58.2 Å². The van der Waals surface area contributed by atoms with Gasteiger partial charge in [-0.25, -0.2) is 0 Å². The van der Waals surface area contributed by atoms with Crippen LogP contribution in [0.25, 0.3) is 0 Å². The maximum absolute atomic E-state index is 13.0. The first-order valence-corrected chi connectivity index (χ1v) is 10.0. The Balaban J connectivity index is 1.54. The molecule has 1 aliphatic carbocycles. The Labute approximate surface area is 152 Å². The number of amides is 1. The molecule has 1 saturated heterocycles. The number of aryl methyl sites for hydroxylation is 1. The van der Waals surface area contributed by atoms with Gasteiger partial charge < -0.3 is 16.0 Å². The Morgan fingerprint density at radius 2 is 1.88 bits per heavy atom. The summed E-state index contributed by atoms with van der Waals surface area (Å²) in [5.41, 5.74) is 7.40. The second-order valence-corrected chi connectivity index (χ2v) is 7.80. The third kappa shape index (κ3) is 5.55. The third-order valence-electron chi connectivity index (χ3n) is 5.78. The molecule has 2 fully saturated rings. The van der Waals surface area contributed by atoms with Crippen LogP contribution in [0.15, 0.2) is 30.3 Å². The Morgan fingerprint density at radius 1 is 1.12 bits per heavy atom. The SMILES string of the molecule is NC1CCC(CN(CCCc2ccccc2)C(=O)[C@@H]2CCCN2)CC1. The molecule has 1 aromatic rings. The Kier molecular flexibility index (Phi) is 6.88. The highest BCUT2D eigenvalue weighted by atomic mass is 16.2. The van der Waals surface area contributed by atoms with Crippen LogP contribution in [0.3, 0.4) is 0 Å². The number of rotatable bonds is 7. The molecular weight excluding hydrogens is 310 g/mol. The summed E-state index contributed by atoms with van der Waals surface area (Å²) in [7, 11) is 0. The molecule has 1 aromatic carbocycles. The van der Waals surface area contributed by atoms with Gasteiger partial charge in [-0.05, 0) is 69.4 Å². The molecule has 3 N–H and O–H groups in total. The smallest absolute Gasteiger partial charge is 0.239 e. The fraction of sp³-hybridized carbons (Fsp3) is 0.667. The van der Waals surface area contributed by atoms with E-state index in [0.29, 0.717) is 17.9 Å². The van der Waals surface area contributed by atoms with Crippen molar-refractivity contribution in [2.75, 3.05) is 19.6 Å². The standard InChI is InChI=1S/C21H33N3O/c22-19-12-10-18(11-13-19)16-24(21(25)20-9-4-14-23-20)15-5-8-17-6-2-1-3-7-17/h1-3,6-7,18-20,23H,4-5,8-16,22H2/t18?,19?,20-/m0/s1. The molecule has 1 aliphatic heterocycles. The first kappa shape index (κ1) is 18.4. The van der Waals surface area contributed by atoms with Crippen molar-refractivity contribution in [3.63, 3.8) is 0 Å². The number of carbonyl (C=O) groups excluding carboxylic acids is 1. The van der Waals surface area contributed by atoms with Crippen molar-refractivity contribution in [1.82, 2.24) is 10.2 Å². The zero-order chi connectivity index (χ0) is 17.5. The highest BCUT2D eigenvalue weighted by Crippen LogP contribution is 2.25. The number of carbonyl (C=O) groups is 1. The van der Waals surface area contributed by atoms with E-state index < -0.39 is 0 Å². The first-order chi connectivity index (χ1) is 12.2. The second kappa shape index (κ2) is 9.35. The van der Waals surface area contributed by atoms with Crippen molar-refractivity contribution >= 4 is 5.91 Å². The van der Waals surface area contributed by atoms with Crippen LogP contribution in [0.1, 0.15) is 50.5 Å². The minimum Gasteiger partial charge on any atom is -0.341 e. The van der Waals surface area contributed by atoms with Crippen LogP contribution in [0.2, 0.25) is 0 Å². The molecule has 25 heavy (non-hydrogen) atoms. The van der Waals surface area contributed by atoms with Gasteiger partial charge in [0.1, 0.15) is 0 Å². The molecule has 1 amide bonds. The molecule has 138 valence electrons. The third-order valence-corrected chi connectivity index (χ3v) is 5.78. The molecule has 0 bridgehead atoms. The number of nitrogens with two attached hydrogens (primary N) is 1. The molecule has 4 heteroatoms. The van der Waals surface area contributed by atoms with Crippen LogP contribution < -0.4 is 11.1 Å². The fourth-order valence-corrected chi connectivity index (χ4v) is 4.21. The minimum absolute atomic E-state index is 0.0440. The van der Waals surface area contributed by atoms with Crippen molar-refractivity contribution in [2.24, 2.45) is 11.7 Å². The molecule has 3 rings (SSSR count). The lowest BCUT2D eigenvalue weighted by Crippen LogP contribution is -2.46. The van der Waals surface area contributed by atoms with E-state index in [1.807, 2.05) is 0 Å². The number of nitrogens with zero attached hydrogens (tertiary/aromatic N) is 1. The Bertz CT molecular complexity index is 519. The highest BCUT2D eigenvalue weighted by Gasteiger charge is 2.29. The van der Waals surface area contributed by atoms with Gasteiger partial charge in [0, 0.05) is 19.1 Å². The van der Waals surface area contributed by atoms with Crippen molar-refractivity contribution in [1.29, 1.82) is 0 Å². The average Bonchev–Trinajstić information content (AvgIpc) is 3.17. The molecule has 0 aromatic heterocycles. The van der Waals surface area contributed by atoms with E-state index in [4.69, 9.17) is 5.73 Å². The summed E-state index contributed by atoms with van der Waals surface area (Å²) >= 11 is 0. The Morgan fingerprint density at radius 3 is 2.56 bits per heavy atom. The zero-order valence-corrected chi connectivity index (χ0v) is 15.3. The van der Waals surface area contributed by atoms with Crippen LogP contribution in [-0.2, 0) is 11.2 Å². The molecule has 0 spiro atoms. The van der Waals surface area contributed by atoms with E-state index in [-0.39, 0.29) is 6.04 Å². The normalized spacial score (nSPS) is 26.5. The number of nitrogens with one attached hydrogen (secondary N) is 1. The van der Waals surface area contributed by atoms with Gasteiger partial charge >= 0.3 is 0 Å². The summed E-state index contributed by atoms with van der Waals surface area (Å²) in [6.45, 7) is 2.76. The van der Waals surface area contributed by atoms with Crippen molar-refractivity contribution < 1.29 is 4.79 Å². The van der Waals surface area contributed by atoms with Gasteiger partial charge in [-0.1, -0.05) is 30.3 Å². The van der Waals surface area contributed by atoms with Gasteiger partial charge in [-0.3, -0.25) is 4.79 Å². The van der Waals surface area contributed by atoms with Crippen molar-refractivity contribution in [3.8, 4) is 0 Å². The molecule has 1 heterocycles. The zero-order valence-electron chi connectivity index (χ0n) is 15.3. The quantitative estimate of drug-likeness (QED) is 0.800. The highest BCUT2D eigenvalue weighted by molar-refractivity contribution is 5.82. The van der Waals surface area contributed by atoms with E-state index in [1.165, 1.54) is 18.4 Å². The number of benzene rings is 1. The van der Waals surface area contributed by atoms with Crippen LogP contribution in [0.5, 0.6) is 0 Å². The van der Waals surface area contributed by atoms with Crippen molar-refractivity contribution in [3.05, 3.63) is 35.9 Å². The lowest BCUT2D eigenvalue weighted by Gasteiger charge is -2.33. The summed E-state index contributed by atoms with van der Waals surface area (Å²) in [4.78, 5) is 15.1. The average molecular weight is 344 g/mol. The summed E-state index contributed by atoms with van der Waals surface area (Å²) in [5.74, 6) is 0.947. The van der Waals surface area contributed by atoms with Gasteiger partial charge in [0.2, 0.25) is 5.91 Å². The van der Waals surface area contributed by atoms with E-state index in [2.05, 4.69) is 40.5 Å². The van der Waals surface area contributed by atoms with E-state index >= 15 is 0 Å². The van der Waals surface area contributed by atoms with Crippen LogP contribution in [0.4, 0.5) is 0 Å². The summed E-state index contributed by atoms with van der Waals surface area (Å²) in [6, 6.07) is 11.0. The van der Waals surface area contributed by atoms with Crippen molar-refractivity contribution in [2.45, 2.75) is 63.5 Å². The molecule has 1 saturated carbocycles. The lowest BCUT2D eigenvalue weighted by molar-refractivity contribution is -0.134. The fourth-order valence-electron chi connectivity index (χ4n) is 4.21. The summed E-state index contributed by atoms with van der Waals surface area (Å²) in [5, 5.41) is 3.38. The van der Waals surface area contributed by atoms with Gasteiger partial charge in [0.15, 0.2) is 0 Å². The maximum atomic E-state index is 13.0. The Hall–Kier alpha value is -1.39. The van der Waals surface area contributed by atoms with Gasteiger partial charge in [-0.15, -0.1) is 0 Å². The van der Waals surface area contributed by atoms with Gasteiger partial charge in [-0.2, -0.15) is 0 Å². The molecule has 2 aliphatic rings. The van der Waals surface area contributed by atoms with E-state index in [1.54, 1.807) is 0 Å². The second-order valence-electron chi connectivity index (χ2n) is 7.80. The summed E-state index contributed by atoms with van der Waals surface area (Å²) < 4.78 is 0. The maximum Gasteiger partial charge on any atom is 0.239 e. The first-order valence-electron chi connectivity index (χ1n) is 10.0. The molecule has 0 unspecified atom stereocenters. The van der Waals surface area contributed by atoms with Crippen LogP contribution in [-0.4, -0.2) is 42.5 Å². The molecule has 4 nitrogen and oxygen atoms in total. The largest absolute Gasteiger partial charge is 0.341 e. The predicted molar refractivity (Wildman–Crippen MR) is 102 cm³/mol. The monoisotopic (exact) mass is 343 g/mol. The predicted octanol–water partition coefficient (Wildman–Crippen LogP) is 2.72. The topological polar surface area (TPSA) is 58.4 Å². The van der Waals surface area contributed by atoms with E-state index in [9.17, 15) is 4.79 Å². The van der Waals surface area contributed by atoms with Crippen LogP contribution in [0, 0.1) is 5.92 Å². The lowest BCUT2D eigenvalue weighted by atomic mass is 9.86. The molecule has 1 atom stereocenters. The summed E-state index contributed by atoms with van der Waals surface area (Å²) in [6.07, 6.45) is 8.74. The molecule has 0 radical (unpaired) electrons.